The summed E-state index contributed by atoms with van der Waals surface area (Å²) in [5.41, 5.74) is 12.5. The van der Waals surface area contributed by atoms with E-state index in [2.05, 4.69) is 0 Å². The van der Waals surface area contributed by atoms with Crippen molar-refractivity contribution in [2.24, 2.45) is 0 Å². The van der Waals surface area contributed by atoms with Gasteiger partial charge in [-0.3, -0.25) is 0 Å². The van der Waals surface area contributed by atoms with Crippen molar-refractivity contribution in [2.75, 3.05) is 24.7 Å². The molecule has 0 radical (unpaired) electrons. The number of hydrogen-bond acceptors (Lipinski definition) is 4. The van der Waals surface area contributed by atoms with Crippen molar-refractivity contribution in [1.29, 1.82) is 0 Å². The van der Waals surface area contributed by atoms with Gasteiger partial charge in [-0.1, -0.05) is 23.2 Å². The van der Waals surface area contributed by atoms with E-state index in [1.165, 1.54) is 0 Å². The van der Waals surface area contributed by atoms with Crippen LogP contribution in [0, 0.1) is 0 Å². The van der Waals surface area contributed by atoms with Crippen molar-refractivity contribution in [3.05, 3.63) is 46.4 Å². The monoisotopic (exact) mass is 312 g/mol. The van der Waals surface area contributed by atoms with Crippen LogP contribution in [0.5, 0.6) is 11.5 Å². The maximum absolute atomic E-state index is 5.80. The third-order valence-corrected chi connectivity index (χ3v) is 3.01. The van der Waals surface area contributed by atoms with E-state index >= 15 is 0 Å². The Labute approximate surface area is 127 Å². The highest BCUT2D eigenvalue weighted by Crippen LogP contribution is 2.26. The second kappa shape index (κ2) is 6.59. The summed E-state index contributed by atoms with van der Waals surface area (Å²) in [7, 11) is 0. The van der Waals surface area contributed by atoms with Gasteiger partial charge in [0.1, 0.15) is 24.7 Å². The van der Waals surface area contributed by atoms with Crippen LogP contribution in [-0.4, -0.2) is 13.2 Å². The first kappa shape index (κ1) is 14.6. The molecule has 0 aliphatic heterocycles. The molecule has 0 atom stereocenters. The van der Waals surface area contributed by atoms with Crippen LogP contribution in [0.4, 0.5) is 11.4 Å². The normalized spacial score (nSPS) is 10.3. The zero-order valence-electron chi connectivity index (χ0n) is 10.6. The second-order valence-electron chi connectivity index (χ2n) is 4.06. The van der Waals surface area contributed by atoms with Crippen LogP contribution in [0.15, 0.2) is 36.4 Å². The molecule has 0 fully saturated rings. The third-order valence-electron chi connectivity index (χ3n) is 2.54. The van der Waals surface area contributed by atoms with Crippen molar-refractivity contribution >= 4 is 34.6 Å². The number of anilines is 2. The summed E-state index contributed by atoms with van der Waals surface area (Å²) in [5, 5.41) is 1.14. The molecule has 6 heteroatoms. The molecule has 0 aliphatic rings. The number of rotatable bonds is 5. The molecule has 0 spiro atoms. The van der Waals surface area contributed by atoms with Crippen molar-refractivity contribution < 1.29 is 9.47 Å². The Balaban J connectivity index is 1.84. The highest BCUT2D eigenvalue weighted by Gasteiger charge is 2.03. The SMILES string of the molecule is Nc1cc(Cl)ccc1OCCOc1ccc(Cl)cc1N. The van der Waals surface area contributed by atoms with Crippen molar-refractivity contribution in [2.45, 2.75) is 0 Å². The molecule has 0 amide bonds. The molecule has 0 bridgehead atoms. The van der Waals surface area contributed by atoms with Crippen LogP contribution in [-0.2, 0) is 0 Å². The fraction of sp³-hybridized carbons (Fsp3) is 0.143. The highest BCUT2D eigenvalue weighted by atomic mass is 35.5. The first-order valence-electron chi connectivity index (χ1n) is 5.92. The van der Waals surface area contributed by atoms with E-state index < -0.39 is 0 Å². The largest absolute Gasteiger partial charge is 0.488 e. The maximum atomic E-state index is 5.80. The Hall–Kier alpha value is -1.78. The minimum Gasteiger partial charge on any atom is -0.488 e. The van der Waals surface area contributed by atoms with E-state index in [9.17, 15) is 0 Å². The molecule has 0 heterocycles. The lowest BCUT2D eigenvalue weighted by Gasteiger charge is -2.11. The van der Waals surface area contributed by atoms with Gasteiger partial charge < -0.3 is 20.9 Å². The minimum atomic E-state index is 0.341. The molecule has 2 aromatic carbocycles. The number of benzene rings is 2. The molecule has 2 rings (SSSR count). The van der Waals surface area contributed by atoms with Crippen molar-refractivity contribution in [1.82, 2.24) is 0 Å². The van der Waals surface area contributed by atoms with Gasteiger partial charge in [-0.25, -0.2) is 0 Å². The van der Waals surface area contributed by atoms with Crippen LogP contribution in [0.2, 0.25) is 10.0 Å². The van der Waals surface area contributed by atoms with Crippen LogP contribution in [0.25, 0.3) is 0 Å². The first-order valence-corrected chi connectivity index (χ1v) is 6.67. The minimum absolute atomic E-state index is 0.341. The van der Waals surface area contributed by atoms with Crippen molar-refractivity contribution in [3.63, 3.8) is 0 Å². The molecular formula is C14H14Cl2N2O2. The number of halogens is 2. The van der Waals surface area contributed by atoms with Crippen LogP contribution in [0.1, 0.15) is 0 Å². The van der Waals surface area contributed by atoms with Gasteiger partial charge in [0.25, 0.3) is 0 Å². The fourth-order valence-corrected chi connectivity index (χ4v) is 1.97. The predicted molar refractivity (Wildman–Crippen MR) is 82.7 cm³/mol. The highest BCUT2D eigenvalue weighted by molar-refractivity contribution is 6.31. The zero-order chi connectivity index (χ0) is 14.5. The Morgan fingerprint density at radius 3 is 1.50 bits per heavy atom. The predicted octanol–water partition coefficient (Wildman–Crippen LogP) is 3.62. The van der Waals surface area contributed by atoms with Gasteiger partial charge >= 0.3 is 0 Å². The van der Waals surface area contributed by atoms with E-state index in [1.54, 1.807) is 36.4 Å². The number of nitrogens with two attached hydrogens (primary N) is 2. The standard InChI is InChI=1S/C14H14Cl2N2O2/c15-9-1-3-13(11(17)7-9)19-5-6-20-14-4-2-10(16)8-12(14)18/h1-4,7-8H,5-6,17-18H2. The van der Waals surface area contributed by atoms with Gasteiger partial charge in [0.15, 0.2) is 0 Å². The van der Waals surface area contributed by atoms with Gasteiger partial charge in [0.05, 0.1) is 11.4 Å². The lowest BCUT2D eigenvalue weighted by Crippen LogP contribution is -2.10. The van der Waals surface area contributed by atoms with Gasteiger partial charge in [0, 0.05) is 10.0 Å². The van der Waals surface area contributed by atoms with Crippen LogP contribution in [0.3, 0.4) is 0 Å². The summed E-state index contributed by atoms with van der Waals surface area (Å²) in [5.74, 6) is 1.14. The number of nitrogen functional groups attached to an aromatic ring is 2. The molecule has 0 saturated heterocycles. The first-order chi connectivity index (χ1) is 9.56. The molecular weight excluding hydrogens is 299 g/mol. The summed E-state index contributed by atoms with van der Waals surface area (Å²) in [4.78, 5) is 0. The summed E-state index contributed by atoms with van der Waals surface area (Å²) >= 11 is 11.6. The third kappa shape index (κ3) is 3.85. The lowest BCUT2D eigenvalue weighted by molar-refractivity contribution is 0.218. The van der Waals surface area contributed by atoms with Gasteiger partial charge in [-0.2, -0.15) is 0 Å². The van der Waals surface area contributed by atoms with E-state index in [0.29, 0.717) is 46.1 Å². The van der Waals surface area contributed by atoms with Crippen LogP contribution >= 0.6 is 23.2 Å². The van der Waals surface area contributed by atoms with Gasteiger partial charge in [-0.05, 0) is 36.4 Å². The molecule has 106 valence electrons. The van der Waals surface area contributed by atoms with E-state index in [1.807, 2.05) is 0 Å². The summed E-state index contributed by atoms with van der Waals surface area (Å²) < 4.78 is 11.0. The molecule has 20 heavy (non-hydrogen) atoms. The van der Waals surface area contributed by atoms with E-state index in [0.717, 1.165) is 0 Å². The van der Waals surface area contributed by atoms with E-state index in [-0.39, 0.29) is 0 Å². The number of hydrogen-bond donors (Lipinski definition) is 2. The Bertz CT molecular complexity index is 552. The Kier molecular flexibility index (Phi) is 4.82. The molecule has 0 aromatic heterocycles. The van der Waals surface area contributed by atoms with Crippen LogP contribution < -0.4 is 20.9 Å². The van der Waals surface area contributed by atoms with E-state index in [4.69, 9.17) is 44.1 Å². The summed E-state index contributed by atoms with van der Waals surface area (Å²) in [6.07, 6.45) is 0. The summed E-state index contributed by atoms with van der Waals surface area (Å²) in [6, 6.07) is 10.1. The smallest absolute Gasteiger partial charge is 0.142 e. The average Bonchev–Trinajstić information content (AvgIpc) is 2.39. The number of ether oxygens (including phenoxy) is 2. The van der Waals surface area contributed by atoms with Crippen molar-refractivity contribution in [3.8, 4) is 11.5 Å². The fourth-order valence-electron chi connectivity index (χ4n) is 1.60. The molecule has 0 saturated carbocycles. The molecule has 0 unspecified atom stereocenters. The second-order valence-corrected chi connectivity index (χ2v) is 4.93. The quantitative estimate of drug-likeness (QED) is 0.653. The Morgan fingerprint density at radius 2 is 1.15 bits per heavy atom. The summed E-state index contributed by atoms with van der Waals surface area (Å²) in [6.45, 7) is 0.682. The topological polar surface area (TPSA) is 70.5 Å². The lowest BCUT2D eigenvalue weighted by atomic mass is 10.3. The van der Waals surface area contributed by atoms with Gasteiger partial charge in [0.2, 0.25) is 0 Å². The average molecular weight is 313 g/mol. The molecule has 0 aliphatic carbocycles. The molecule has 4 N–H and O–H groups in total. The zero-order valence-corrected chi connectivity index (χ0v) is 12.1. The maximum Gasteiger partial charge on any atom is 0.142 e. The Morgan fingerprint density at radius 1 is 0.750 bits per heavy atom. The molecule has 2 aromatic rings. The molecule has 4 nitrogen and oxygen atoms in total. The van der Waals surface area contributed by atoms with Gasteiger partial charge in [-0.15, -0.1) is 0 Å².